The number of H-pyrrole nitrogens is 1. The third kappa shape index (κ3) is 4.54. The number of aliphatic hydroxyl groups excluding tert-OH is 1. The van der Waals surface area contributed by atoms with Crippen LogP contribution in [-0.4, -0.2) is 40.3 Å². The standard InChI is InChI=1S/C29H25BrN2O4/c1-36-22-10-11-24-23(16-22)20(17-31-24)12-13-32-27(19-8-5-9-21(30)15-19)26(28(34)29(32)35)25(33)14-18-6-3-2-4-7-18/h2-11,15-17,27,31,34H,12-14H2,1H3. The first-order chi connectivity index (χ1) is 17.5. The van der Waals surface area contributed by atoms with E-state index in [1.54, 1.807) is 12.0 Å². The van der Waals surface area contributed by atoms with Crippen LogP contribution in [0, 0.1) is 0 Å². The van der Waals surface area contributed by atoms with E-state index < -0.39 is 17.7 Å². The maximum absolute atomic E-state index is 13.4. The van der Waals surface area contributed by atoms with Gasteiger partial charge in [0, 0.05) is 34.5 Å². The molecule has 0 saturated carbocycles. The Morgan fingerprint density at radius 2 is 1.89 bits per heavy atom. The number of aromatic amines is 1. The fraction of sp³-hybridized carbons (Fsp3) is 0.172. The number of ether oxygens (including phenoxy) is 1. The van der Waals surface area contributed by atoms with Gasteiger partial charge in [-0.15, -0.1) is 0 Å². The third-order valence-electron chi connectivity index (χ3n) is 6.57. The number of fused-ring (bicyclic) bond motifs is 1. The maximum atomic E-state index is 13.4. The van der Waals surface area contributed by atoms with Crippen LogP contribution in [0.4, 0.5) is 0 Å². The van der Waals surface area contributed by atoms with Crippen molar-refractivity contribution < 1.29 is 19.4 Å². The number of ketones is 1. The van der Waals surface area contributed by atoms with Gasteiger partial charge in [-0.25, -0.2) is 0 Å². The Bertz CT molecular complexity index is 1480. The van der Waals surface area contributed by atoms with Crippen LogP contribution in [0.1, 0.15) is 22.7 Å². The molecular weight excluding hydrogens is 520 g/mol. The van der Waals surface area contributed by atoms with Gasteiger partial charge < -0.3 is 19.7 Å². The average Bonchev–Trinajstić information content (AvgIpc) is 3.40. The Balaban J connectivity index is 1.47. The van der Waals surface area contributed by atoms with Gasteiger partial charge in [-0.2, -0.15) is 0 Å². The van der Waals surface area contributed by atoms with Gasteiger partial charge >= 0.3 is 0 Å². The quantitative estimate of drug-likeness (QED) is 0.298. The van der Waals surface area contributed by atoms with Crippen molar-refractivity contribution in [1.82, 2.24) is 9.88 Å². The van der Waals surface area contributed by atoms with Gasteiger partial charge in [0.25, 0.3) is 5.91 Å². The highest BCUT2D eigenvalue weighted by atomic mass is 79.9. The molecule has 0 spiro atoms. The van der Waals surface area contributed by atoms with E-state index in [2.05, 4.69) is 20.9 Å². The molecular formula is C29H25BrN2O4. The Labute approximate surface area is 217 Å². The summed E-state index contributed by atoms with van der Waals surface area (Å²) in [6.45, 7) is 0.326. The highest BCUT2D eigenvalue weighted by Gasteiger charge is 2.43. The van der Waals surface area contributed by atoms with Crippen molar-refractivity contribution in [3.05, 3.63) is 111 Å². The number of carbonyl (C=O) groups is 2. The summed E-state index contributed by atoms with van der Waals surface area (Å²) in [6.07, 6.45) is 2.57. The summed E-state index contributed by atoms with van der Waals surface area (Å²) in [5.41, 5.74) is 3.73. The van der Waals surface area contributed by atoms with Gasteiger partial charge in [-0.05, 0) is 53.4 Å². The number of Topliss-reactive ketones (excluding diaryl/α,β-unsaturated/α-hetero) is 1. The Morgan fingerprint density at radius 1 is 1.08 bits per heavy atom. The lowest BCUT2D eigenvalue weighted by atomic mass is 9.93. The second kappa shape index (κ2) is 10.0. The summed E-state index contributed by atoms with van der Waals surface area (Å²) in [7, 11) is 1.63. The Kier molecular flexibility index (Phi) is 6.65. The molecule has 1 aromatic heterocycles. The molecule has 3 aromatic carbocycles. The maximum Gasteiger partial charge on any atom is 0.290 e. The zero-order valence-corrected chi connectivity index (χ0v) is 21.3. The minimum Gasteiger partial charge on any atom is -0.503 e. The molecule has 4 aromatic rings. The molecule has 0 aliphatic carbocycles. The minimum atomic E-state index is -0.675. The Morgan fingerprint density at radius 3 is 2.64 bits per heavy atom. The minimum absolute atomic E-state index is 0.105. The molecule has 1 amide bonds. The number of benzene rings is 3. The number of aromatic nitrogens is 1. The molecule has 2 N–H and O–H groups in total. The summed E-state index contributed by atoms with van der Waals surface area (Å²) in [5, 5.41) is 11.9. The van der Waals surface area contributed by atoms with Crippen molar-refractivity contribution in [2.45, 2.75) is 18.9 Å². The van der Waals surface area contributed by atoms with E-state index in [0.29, 0.717) is 13.0 Å². The van der Waals surface area contributed by atoms with Gasteiger partial charge in [0.2, 0.25) is 0 Å². The molecule has 7 heteroatoms. The lowest BCUT2D eigenvalue weighted by Gasteiger charge is -2.27. The van der Waals surface area contributed by atoms with Crippen LogP contribution in [0.3, 0.4) is 0 Å². The molecule has 0 bridgehead atoms. The molecule has 1 aliphatic heterocycles. The number of hydrogen-bond donors (Lipinski definition) is 2. The molecule has 1 unspecified atom stereocenters. The summed E-state index contributed by atoms with van der Waals surface area (Å²) in [6, 6.07) is 22.0. The molecule has 0 saturated heterocycles. The fourth-order valence-electron chi connectivity index (χ4n) is 4.80. The van der Waals surface area contributed by atoms with Crippen LogP contribution in [0.5, 0.6) is 5.75 Å². The number of rotatable bonds is 8. The van der Waals surface area contributed by atoms with E-state index in [-0.39, 0.29) is 17.8 Å². The van der Waals surface area contributed by atoms with Crippen LogP contribution in [0.25, 0.3) is 10.9 Å². The second-order valence-electron chi connectivity index (χ2n) is 8.78. The predicted octanol–water partition coefficient (Wildman–Crippen LogP) is 5.69. The fourth-order valence-corrected chi connectivity index (χ4v) is 5.22. The number of amides is 1. The van der Waals surface area contributed by atoms with Crippen LogP contribution in [-0.2, 0) is 22.4 Å². The Hall–Kier alpha value is -3.84. The number of methoxy groups -OCH3 is 1. The van der Waals surface area contributed by atoms with E-state index in [1.165, 1.54) is 0 Å². The number of halogens is 1. The number of nitrogens with one attached hydrogen (secondary N) is 1. The number of hydrogen-bond acceptors (Lipinski definition) is 4. The van der Waals surface area contributed by atoms with Crippen LogP contribution in [0.2, 0.25) is 0 Å². The highest BCUT2D eigenvalue weighted by Crippen LogP contribution is 2.39. The molecule has 0 radical (unpaired) electrons. The van der Waals surface area contributed by atoms with Crippen molar-refractivity contribution in [2.24, 2.45) is 0 Å². The van der Waals surface area contributed by atoms with Gasteiger partial charge in [-0.3, -0.25) is 9.59 Å². The number of aliphatic hydroxyl groups is 1. The van der Waals surface area contributed by atoms with Crippen molar-refractivity contribution in [1.29, 1.82) is 0 Å². The molecule has 6 nitrogen and oxygen atoms in total. The van der Waals surface area contributed by atoms with Gasteiger partial charge in [-0.1, -0.05) is 58.4 Å². The van der Waals surface area contributed by atoms with Crippen molar-refractivity contribution in [3.63, 3.8) is 0 Å². The normalized spacial score (nSPS) is 15.7. The molecule has 2 heterocycles. The second-order valence-corrected chi connectivity index (χ2v) is 9.70. The van der Waals surface area contributed by atoms with E-state index >= 15 is 0 Å². The summed E-state index contributed by atoms with van der Waals surface area (Å²) < 4.78 is 6.20. The van der Waals surface area contributed by atoms with Gasteiger partial charge in [0.1, 0.15) is 5.75 Å². The highest BCUT2D eigenvalue weighted by molar-refractivity contribution is 9.10. The monoisotopic (exact) mass is 544 g/mol. The zero-order valence-electron chi connectivity index (χ0n) is 19.7. The molecule has 0 fully saturated rings. The third-order valence-corrected chi connectivity index (χ3v) is 7.07. The average molecular weight is 545 g/mol. The SMILES string of the molecule is COc1ccc2[nH]cc(CCN3C(=O)C(O)=C(C(=O)Cc4ccccc4)C3c3cccc(Br)c3)c2c1. The van der Waals surface area contributed by atoms with Crippen molar-refractivity contribution in [2.75, 3.05) is 13.7 Å². The summed E-state index contributed by atoms with van der Waals surface area (Å²) in [5.74, 6) is -0.521. The smallest absolute Gasteiger partial charge is 0.290 e. The van der Waals surface area contributed by atoms with Gasteiger partial charge in [0.15, 0.2) is 11.5 Å². The number of nitrogens with zero attached hydrogens (tertiary/aromatic N) is 1. The zero-order chi connectivity index (χ0) is 25.2. The predicted molar refractivity (Wildman–Crippen MR) is 142 cm³/mol. The lowest BCUT2D eigenvalue weighted by molar-refractivity contribution is -0.129. The summed E-state index contributed by atoms with van der Waals surface area (Å²) in [4.78, 5) is 31.6. The number of carbonyl (C=O) groups excluding carboxylic acids is 2. The van der Waals surface area contributed by atoms with Crippen LogP contribution >= 0.6 is 15.9 Å². The van der Waals surface area contributed by atoms with E-state index in [9.17, 15) is 14.7 Å². The molecule has 1 aliphatic rings. The molecule has 5 rings (SSSR count). The largest absolute Gasteiger partial charge is 0.503 e. The van der Waals surface area contributed by atoms with Crippen LogP contribution < -0.4 is 4.74 Å². The first-order valence-corrected chi connectivity index (χ1v) is 12.5. The lowest BCUT2D eigenvalue weighted by Crippen LogP contribution is -2.33. The van der Waals surface area contributed by atoms with E-state index in [4.69, 9.17) is 4.74 Å². The first-order valence-electron chi connectivity index (χ1n) is 11.7. The summed E-state index contributed by atoms with van der Waals surface area (Å²) >= 11 is 3.50. The molecule has 182 valence electrons. The molecule has 36 heavy (non-hydrogen) atoms. The topological polar surface area (TPSA) is 82.6 Å². The van der Waals surface area contributed by atoms with Crippen molar-refractivity contribution >= 4 is 38.5 Å². The van der Waals surface area contributed by atoms with Crippen LogP contribution in [0.15, 0.2) is 94.8 Å². The van der Waals surface area contributed by atoms with Gasteiger partial charge in [0.05, 0.1) is 18.7 Å². The van der Waals surface area contributed by atoms with Crippen molar-refractivity contribution in [3.8, 4) is 5.75 Å². The molecule has 1 atom stereocenters. The van der Waals surface area contributed by atoms with E-state index in [0.717, 1.165) is 37.8 Å². The van der Waals surface area contributed by atoms with E-state index in [1.807, 2.05) is 79.0 Å². The first kappa shape index (κ1) is 23.9.